The number of nitrogens with one attached hydrogen (secondary N) is 2. The van der Waals surface area contributed by atoms with Crippen molar-refractivity contribution in [1.29, 1.82) is 0 Å². The first kappa shape index (κ1) is 20.8. The van der Waals surface area contributed by atoms with E-state index >= 15 is 0 Å². The molecule has 0 aliphatic heterocycles. The van der Waals surface area contributed by atoms with Crippen LogP contribution in [0.25, 0.3) is 0 Å². The third-order valence-electron chi connectivity index (χ3n) is 4.36. The van der Waals surface area contributed by atoms with E-state index in [9.17, 15) is 14.4 Å². The van der Waals surface area contributed by atoms with Gasteiger partial charge in [0, 0.05) is 5.69 Å². The van der Waals surface area contributed by atoms with Gasteiger partial charge in [-0.2, -0.15) is 0 Å². The van der Waals surface area contributed by atoms with Gasteiger partial charge in [0.25, 0.3) is 11.8 Å². The van der Waals surface area contributed by atoms with Gasteiger partial charge in [-0.05, 0) is 55.0 Å². The molecule has 3 rings (SSSR count). The Morgan fingerprint density at radius 1 is 1.00 bits per heavy atom. The Morgan fingerprint density at radius 3 is 2.41 bits per heavy atom. The minimum Gasteiger partial charge on any atom is -0.465 e. The number of hydrogen-bond donors (Lipinski definition) is 2. The highest BCUT2D eigenvalue weighted by atomic mass is 32.1. The summed E-state index contributed by atoms with van der Waals surface area (Å²) in [4.78, 5) is 38.5. The van der Waals surface area contributed by atoms with Crippen LogP contribution >= 0.6 is 22.7 Å². The van der Waals surface area contributed by atoms with Crippen molar-refractivity contribution in [2.75, 3.05) is 17.7 Å². The molecule has 0 atom stereocenters. The normalized spacial score (nSPS) is 10.5. The van der Waals surface area contributed by atoms with E-state index in [1.165, 1.54) is 18.4 Å². The van der Waals surface area contributed by atoms with Crippen LogP contribution < -0.4 is 10.6 Å². The van der Waals surface area contributed by atoms with Gasteiger partial charge in [0.2, 0.25) is 0 Å². The molecule has 2 amide bonds. The number of carbonyl (C=O) groups is 3. The van der Waals surface area contributed by atoms with E-state index in [1.54, 1.807) is 24.4 Å². The highest BCUT2D eigenvalue weighted by Crippen LogP contribution is 2.35. The van der Waals surface area contributed by atoms with Crippen LogP contribution in [0.15, 0.2) is 35.7 Å². The number of rotatable bonds is 5. The van der Waals surface area contributed by atoms with Gasteiger partial charge < -0.3 is 15.4 Å². The number of thiophene rings is 2. The van der Waals surface area contributed by atoms with Gasteiger partial charge in [0.1, 0.15) is 5.00 Å². The molecule has 0 bridgehead atoms. The fourth-order valence-corrected chi connectivity index (χ4v) is 4.49. The maximum absolute atomic E-state index is 12.9. The molecule has 0 aliphatic rings. The number of ether oxygens (including phenoxy) is 1. The van der Waals surface area contributed by atoms with E-state index in [1.807, 2.05) is 32.0 Å². The summed E-state index contributed by atoms with van der Waals surface area (Å²) in [6, 6.07) is 9.24. The molecule has 3 aromatic rings. The monoisotopic (exact) mass is 428 g/mol. The fraction of sp³-hybridized carbons (Fsp3) is 0.190. The molecule has 0 spiro atoms. The number of benzene rings is 1. The molecule has 0 radical (unpaired) electrons. The second-order valence-corrected chi connectivity index (χ2v) is 8.42. The van der Waals surface area contributed by atoms with Crippen LogP contribution in [0.5, 0.6) is 0 Å². The Labute approximate surface area is 176 Å². The molecule has 29 heavy (non-hydrogen) atoms. The van der Waals surface area contributed by atoms with Gasteiger partial charge in [-0.15, -0.1) is 22.7 Å². The summed E-state index contributed by atoms with van der Waals surface area (Å²) in [5, 5.41) is 7.71. The number of methoxy groups -OCH3 is 1. The lowest BCUT2D eigenvalue weighted by molar-refractivity contribution is 0.0601. The smallest absolute Gasteiger partial charge is 0.341 e. The summed E-state index contributed by atoms with van der Waals surface area (Å²) in [5.74, 6) is -1.29. The van der Waals surface area contributed by atoms with Crippen molar-refractivity contribution < 1.29 is 19.1 Å². The molecule has 1 aromatic carbocycles. The Balaban J connectivity index is 1.95. The molecule has 8 heteroatoms. The SMILES string of the molecule is COC(=O)c1c(NC(=O)c2cccs2)sc(C(=O)Nc2cc(C)ccc2C)c1C. The number of carbonyl (C=O) groups excluding carboxylic acids is 3. The third kappa shape index (κ3) is 4.38. The molecule has 0 unspecified atom stereocenters. The number of amides is 2. The summed E-state index contributed by atoms with van der Waals surface area (Å²) in [7, 11) is 1.26. The van der Waals surface area contributed by atoms with Crippen molar-refractivity contribution in [3.05, 3.63) is 67.7 Å². The van der Waals surface area contributed by atoms with Crippen molar-refractivity contribution in [3.8, 4) is 0 Å². The van der Waals surface area contributed by atoms with E-state index in [0.29, 0.717) is 26.0 Å². The minimum atomic E-state index is -0.606. The maximum Gasteiger partial charge on any atom is 0.341 e. The predicted molar refractivity (Wildman–Crippen MR) is 117 cm³/mol. The van der Waals surface area contributed by atoms with Gasteiger partial charge in [0.05, 0.1) is 22.4 Å². The zero-order valence-corrected chi connectivity index (χ0v) is 18.0. The van der Waals surface area contributed by atoms with Crippen LogP contribution in [-0.2, 0) is 4.74 Å². The molecule has 2 N–H and O–H groups in total. The number of anilines is 2. The van der Waals surface area contributed by atoms with Gasteiger partial charge in [-0.1, -0.05) is 18.2 Å². The highest BCUT2D eigenvalue weighted by molar-refractivity contribution is 7.19. The van der Waals surface area contributed by atoms with E-state index in [4.69, 9.17) is 4.74 Å². The van der Waals surface area contributed by atoms with Gasteiger partial charge >= 0.3 is 5.97 Å². The van der Waals surface area contributed by atoms with Crippen LogP contribution in [0.2, 0.25) is 0 Å². The summed E-state index contributed by atoms with van der Waals surface area (Å²) in [6.45, 7) is 5.52. The molecular weight excluding hydrogens is 408 g/mol. The topological polar surface area (TPSA) is 84.5 Å². The van der Waals surface area contributed by atoms with Crippen molar-refractivity contribution in [2.45, 2.75) is 20.8 Å². The Hall–Kier alpha value is -2.97. The maximum atomic E-state index is 12.9. The molecule has 2 heterocycles. The standard InChI is InChI=1S/C21H20N2O4S2/c1-11-7-8-12(2)14(10-11)22-19(25)17-13(3)16(21(26)27-4)20(29-17)23-18(24)15-6-5-9-28-15/h5-10H,1-4H3,(H,22,25)(H,23,24). The van der Waals surface area contributed by atoms with Gasteiger partial charge in [0.15, 0.2) is 0 Å². The fourth-order valence-electron chi connectivity index (χ4n) is 2.79. The molecule has 6 nitrogen and oxygen atoms in total. The number of aryl methyl sites for hydroxylation is 2. The molecule has 150 valence electrons. The Bertz CT molecular complexity index is 1080. The lowest BCUT2D eigenvalue weighted by atomic mass is 10.1. The van der Waals surface area contributed by atoms with E-state index in [-0.39, 0.29) is 17.4 Å². The summed E-state index contributed by atoms with van der Waals surface area (Å²) in [5.41, 5.74) is 3.30. The van der Waals surface area contributed by atoms with E-state index < -0.39 is 5.97 Å². The highest BCUT2D eigenvalue weighted by Gasteiger charge is 2.27. The van der Waals surface area contributed by atoms with E-state index in [0.717, 1.165) is 22.5 Å². The van der Waals surface area contributed by atoms with Crippen molar-refractivity contribution in [2.24, 2.45) is 0 Å². The molecular formula is C21H20N2O4S2. The molecule has 0 saturated carbocycles. The molecule has 0 saturated heterocycles. The lowest BCUT2D eigenvalue weighted by Gasteiger charge is -2.09. The summed E-state index contributed by atoms with van der Waals surface area (Å²) in [6.07, 6.45) is 0. The first-order valence-electron chi connectivity index (χ1n) is 8.77. The zero-order valence-electron chi connectivity index (χ0n) is 16.4. The zero-order chi connectivity index (χ0) is 21.1. The van der Waals surface area contributed by atoms with Crippen LogP contribution in [-0.4, -0.2) is 24.9 Å². The lowest BCUT2D eigenvalue weighted by Crippen LogP contribution is -2.14. The van der Waals surface area contributed by atoms with Crippen LogP contribution in [0.1, 0.15) is 46.4 Å². The summed E-state index contributed by atoms with van der Waals surface area (Å²) >= 11 is 2.34. The average molecular weight is 429 g/mol. The van der Waals surface area contributed by atoms with Gasteiger partial charge in [-0.25, -0.2) is 4.79 Å². The summed E-state index contributed by atoms with van der Waals surface area (Å²) < 4.78 is 4.86. The van der Waals surface area contributed by atoms with Crippen LogP contribution in [0.4, 0.5) is 10.7 Å². The second kappa shape index (κ2) is 8.59. The van der Waals surface area contributed by atoms with Crippen LogP contribution in [0, 0.1) is 20.8 Å². The molecule has 0 aliphatic carbocycles. The van der Waals surface area contributed by atoms with Gasteiger partial charge in [-0.3, -0.25) is 9.59 Å². The van der Waals surface area contributed by atoms with Crippen molar-refractivity contribution in [3.63, 3.8) is 0 Å². The second-order valence-electron chi connectivity index (χ2n) is 6.46. The Kier molecular flexibility index (Phi) is 6.14. The first-order valence-corrected chi connectivity index (χ1v) is 10.5. The minimum absolute atomic E-state index is 0.188. The third-order valence-corrected chi connectivity index (χ3v) is 6.43. The quantitative estimate of drug-likeness (QED) is 0.559. The van der Waals surface area contributed by atoms with Crippen LogP contribution in [0.3, 0.4) is 0 Å². The first-order chi connectivity index (χ1) is 13.8. The average Bonchev–Trinajstić information content (AvgIpc) is 3.32. The molecule has 0 fully saturated rings. The number of hydrogen-bond acceptors (Lipinski definition) is 6. The predicted octanol–water partition coefficient (Wildman–Crippen LogP) is 5.03. The van der Waals surface area contributed by atoms with Crippen molar-refractivity contribution in [1.82, 2.24) is 0 Å². The number of esters is 1. The molecule has 2 aromatic heterocycles. The van der Waals surface area contributed by atoms with E-state index in [2.05, 4.69) is 10.6 Å². The Morgan fingerprint density at radius 2 is 1.76 bits per heavy atom. The van der Waals surface area contributed by atoms with Crippen molar-refractivity contribution >= 4 is 51.1 Å². The largest absolute Gasteiger partial charge is 0.465 e.